The molecule has 0 aliphatic rings. The first-order valence-electron chi connectivity index (χ1n) is 7.08. The Labute approximate surface area is 133 Å². The van der Waals surface area contributed by atoms with Crippen LogP contribution in [0, 0.1) is 5.82 Å². The summed E-state index contributed by atoms with van der Waals surface area (Å²) in [4.78, 5) is 23.1. The van der Waals surface area contributed by atoms with Crippen LogP contribution in [0.1, 0.15) is 12.0 Å². The number of para-hydroxylation sites is 1. The number of nitrogens with zero attached hydrogens (tertiary/aromatic N) is 1. The highest BCUT2D eigenvalue weighted by molar-refractivity contribution is 6.39. The second-order valence-electron chi connectivity index (χ2n) is 4.71. The zero-order valence-electron chi connectivity index (χ0n) is 12.3. The van der Waals surface area contributed by atoms with E-state index in [4.69, 9.17) is 0 Å². The summed E-state index contributed by atoms with van der Waals surface area (Å²) in [7, 11) is 0. The lowest BCUT2D eigenvalue weighted by molar-refractivity contribution is -0.136. The van der Waals surface area contributed by atoms with Gasteiger partial charge in [0.1, 0.15) is 5.82 Å². The van der Waals surface area contributed by atoms with Gasteiger partial charge in [-0.2, -0.15) is 5.10 Å². The van der Waals surface area contributed by atoms with Crippen molar-refractivity contribution >= 4 is 23.7 Å². The molecule has 0 aliphatic heterocycles. The zero-order valence-corrected chi connectivity index (χ0v) is 12.3. The topological polar surface area (TPSA) is 70.6 Å². The van der Waals surface area contributed by atoms with Crippen LogP contribution in [0.5, 0.6) is 0 Å². The Morgan fingerprint density at radius 1 is 1.00 bits per heavy atom. The molecule has 2 rings (SSSR count). The van der Waals surface area contributed by atoms with Crippen molar-refractivity contribution in [1.29, 1.82) is 0 Å². The highest BCUT2D eigenvalue weighted by Gasteiger charge is 2.14. The Kier molecular flexibility index (Phi) is 5.99. The van der Waals surface area contributed by atoms with Gasteiger partial charge in [0.2, 0.25) is 0 Å². The van der Waals surface area contributed by atoms with Crippen molar-refractivity contribution in [3.05, 3.63) is 66.0 Å². The third-order valence-electron chi connectivity index (χ3n) is 2.99. The predicted molar refractivity (Wildman–Crippen MR) is 86.4 cm³/mol. The quantitative estimate of drug-likeness (QED) is 0.506. The van der Waals surface area contributed by atoms with E-state index in [-0.39, 0.29) is 5.69 Å². The van der Waals surface area contributed by atoms with E-state index in [1.807, 2.05) is 30.3 Å². The van der Waals surface area contributed by atoms with E-state index in [2.05, 4.69) is 15.8 Å². The van der Waals surface area contributed by atoms with Crippen molar-refractivity contribution in [2.75, 3.05) is 5.32 Å². The van der Waals surface area contributed by atoms with Crippen LogP contribution in [0.2, 0.25) is 0 Å². The molecule has 0 aromatic heterocycles. The minimum Gasteiger partial charge on any atom is -0.315 e. The zero-order chi connectivity index (χ0) is 16.5. The average Bonchev–Trinajstić information content (AvgIpc) is 2.57. The molecule has 2 aromatic carbocycles. The molecular weight excluding hydrogens is 297 g/mol. The standard InChI is InChI=1S/C17H16FN3O2/c18-14-10-4-5-11-15(14)20-16(22)17(23)21-19-12-6-9-13-7-2-1-3-8-13/h1-5,7-8,10-12H,6,9H2,(H,20,22)(H,21,23)/b19-12+. The number of hydrogen-bond donors (Lipinski definition) is 2. The summed E-state index contributed by atoms with van der Waals surface area (Å²) < 4.78 is 13.4. The first-order chi connectivity index (χ1) is 11.2. The van der Waals surface area contributed by atoms with E-state index in [1.165, 1.54) is 24.4 Å². The Morgan fingerprint density at radius 2 is 1.70 bits per heavy atom. The van der Waals surface area contributed by atoms with Crippen LogP contribution in [0.4, 0.5) is 10.1 Å². The summed E-state index contributed by atoms with van der Waals surface area (Å²) in [6.45, 7) is 0. The number of anilines is 1. The molecule has 0 radical (unpaired) electrons. The van der Waals surface area contributed by atoms with Gasteiger partial charge < -0.3 is 5.32 Å². The van der Waals surface area contributed by atoms with Crippen molar-refractivity contribution in [2.24, 2.45) is 5.10 Å². The molecule has 5 nitrogen and oxygen atoms in total. The molecule has 0 heterocycles. The van der Waals surface area contributed by atoms with Crippen LogP contribution >= 0.6 is 0 Å². The number of aryl methyl sites for hydroxylation is 1. The van der Waals surface area contributed by atoms with Gasteiger partial charge in [-0.15, -0.1) is 0 Å². The summed E-state index contributed by atoms with van der Waals surface area (Å²) >= 11 is 0. The predicted octanol–water partition coefficient (Wildman–Crippen LogP) is 2.50. The molecule has 0 spiro atoms. The van der Waals surface area contributed by atoms with Crippen molar-refractivity contribution < 1.29 is 14.0 Å². The minimum atomic E-state index is -0.977. The third kappa shape index (κ3) is 5.35. The Hall–Kier alpha value is -3.02. The van der Waals surface area contributed by atoms with Gasteiger partial charge in [-0.1, -0.05) is 42.5 Å². The van der Waals surface area contributed by atoms with E-state index in [9.17, 15) is 14.0 Å². The monoisotopic (exact) mass is 313 g/mol. The van der Waals surface area contributed by atoms with E-state index >= 15 is 0 Å². The van der Waals surface area contributed by atoms with E-state index < -0.39 is 17.6 Å². The van der Waals surface area contributed by atoms with Crippen molar-refractivity contribution in [3.63, 3.8) is 0 Å². The van der Waals surface area contributed by atoms with Crippen LogP contribution < -0.4 is 10.7 Å². The second-order valence-corrected chi connectivity index (χ2v) is 4.71. The first kappa shape index (κ1) is 16.4. The molecule has 6 heteroatoms. The maximum atomic E-state index is 13.4. The van der Waals surface area contributed by atoms with Gasteiger partial charge in [-0.3, -0.25) is 9.59 Å². The van der Waals surface area contributed by atoms with Crippen LogP contribution in [-0.4, -0.2) is 18.0 Å². The smallest absolute Gasteiger partial charge is 0.315 e. The number of nitrogens with one attached hydrogen (secondary N) is 2. The van der Waals surface area contributed by atoms with Gasteiger partial charge in [-0.05, 0) is 30.5 Å². The maximum absolute atomic E-state index is 13.4. The van der Waals surface area contributed by atoms with Crippen LogP contribution in [0.25, 0.3) is 0 Å². The van der Waals surface area contributed by atoms with Crippen LogP contribution in [0.3, 0.4) is 0 Å². The fraction of sp³-hybridized carbons (Fsp3) is 0.118. The van der Waals surface area contributed by atoms with Crippen molar-refractivity contribution in [3.8, 4) is 0 Å². The molecule has 0 aliphatic carbocycles. The normalized spacial score (nSPS) is 10.5. The SMILES string of the molecule is O=C(N/N=C/CCc1ccccc1)C(=O)Nc1ccccc1F. The molecule has 0 atom stereocenters. The van der Waals surface area contributed by atoms with Crippen LogP contribution in [0.15, 0.2) is 59.7 Å². The van der Waals surface area contributed by atoms with E-state index in [0.29, 0.717) is 6.42 Å². The number of rotatable bonds is 5. The summed E-state index contributed by atoms with van der Waals surface area (Å²) in [5.41, 5.74) is 3.20. The summed E-state index contributed by atoms with van der Waals surface area (Å²) in [5, 5.41) is 5.87. The molecule has 2 aromatic rings. The van der Waals surface area contributed by atoms with Crippen molar-refractivity contribution in [1.82, 2.24) is 5.43 Å². The second kappa shape index (κ2) is 8.43. The molecular formula is C17H16FN3O2. The van der Waals surface area contributed by atoms with Crippen molar-refractivity contribution in [2.45, 2.75) is 12.8 Å². The Balaban J connectivity index is 1.74. The molecule has 0 saturated carbocycles. The number of hydrazone groups is 1. The summed E-state index contributed by atoms with van der Waals surface area (Å²) in [6, 6.07) is 15.4. The molecule has 0 bridgehead atoms. The number of carbonyl (C=O) groups is 2. The fourth-order valence-corrected chi connectivity index (χ4v) is 1.84. The van der Waals surface area contributed by atoms with Crippen LogP contribution in [-0.2, 0) is 16.0 Å². The van der Waals surface area contributed by atoms with Gasteiger partial charge in [-0.25, -0.2) is 9.82 Å². The van der Waals surface area contributed by atoms with Gasteiger partial charge >= 0.3 is 11.8 Å². The molecule has 118 valence electrons. The lowest BCUT2D eigenvalue weighted by atomic mass is 10.1. The van der Waals surface area contributed by atoms with Gasteiger partial charge in [0.25, 0.3) is 0 Å². The molecule has 23 heavy (non-hydrogen) atoms. The van der Waals surface area contributed by atoms with E-state index in [1.54, 1.807) is 6.07 Å². The molecule has 2 N–H and O–H groups in total. The molecule has 0 fully saturated rings. The van der Waals surface area contributed by atoms with Gasteiger partial charge in [0, 0.05) is 6.21 Å². The lowest BCUT2D eigenvalue weighted by Crippen LogP contribution is -2.32. The summed E-state index contributed by atoms with van der Waals surface area (Å²) in [6.07, 6.45) is 2.92. The highest BCUT2D eigenvalue weighted by atomic mass is 19.1. The molecule has 2 amide bonds. The van der Waals surface area contributed by atoms with Gasteiger partial charge in [0.15, 0.2) is 0 Å². The number of hydrogen-bond acceptors (Lipinski definition) is 3. The Bertz CT molecular complexity index is 702. The minimum absolute atomic E-state index is 0.0549. The maximum Gasteiger partial charge on any atom is 0.329 e. The first-order valence-corrected chi connectivity index (χ1v) is 7.08. The summed E-state index contributed by atoms with van der Waals surface area (Å²) in [5.74, 6) is -2.54. The lowest BCUT2D eigenvalue weighted by Gasteiger charge is -2.04. The van der Waals surface area contributed by atoms with Gasteiger partial charge in [0.05, 0.1) is 5.69 Å². The highest BCUT2D eigenvalue weighted by Crippen LogP contribution is 2.11. The number of halogens is 1. The average molecular weight is 313 g/mol. The number of carbonyl (C=O) groups excluding carboxylic acids is 2. The fourth-order valence-electron chi connectivity index (χ4n) is 1.84. The third-order valence-corrected chi connectivity index (χ3v) is 2.99. The number of benzene rings is 2. The molecule has 0 saturated heterocycles. The Morgan fingerprint density at radius 3 is 2.43 bits per heavy atom. The molecule has 0 unspecified atom stereocenters. The largest absolute Gasteiger partial charge is 0.329 e. The van der Waals surface area contributed by atoms with E-state index in [0.717, 1.165) is 12.0 Å². The number of amides is 2.